The highest BCUT2D eigenvalue weighted by Gasteiger charge is 2.49. The average molecular weight is 313 g/mol. The van der Waals surface area contributed by atoms with Crippen molar-refractivity contribution in [3.63, 3.8) is 0 Å². The summed E-state index contributed by atoms with van der Waals surface area (Å²) in [7, 11) is 2.29. The molecule has 0 N–H and O–H groups in total. The molecule has 2 aliphatic rings. The highest BCUT2D eigenvalue weighted by molar-refractivity contribution is 7.09. The van der Waals surface area contributed by atoms with E-state index in [9.17, 15) is 0 Å². The standard InChI is InChI=1S/C18H23N3S/c1-20-10-7-18(15-5-3-2-4-6-15)8-11-21(13-16(18)20)14-17-19-9-12-22-17/h2-6,9,12,16H,7-8,10-11,13-14H2,1H3/t16-,18-/m0/s1. The van der Waals surface area contributed by atoms with Crippen molar-refractivity contribution in [2.45, 2.75) is 30.8 Å². The van der Waals surface area contributed by atoms with Gasteiger partial charge < -0.3 is 4.90 Å². The van der Waals surface area contributed by atoms with E-state index in [0.717, 1.165) is 13.1 Å². The first-order valence-electron chi connectivity index (χ1n) is 8.14. The minimum Gasteiger partial charge on any atom is -0.301 e. The van der Waals surface area contributed by atoms with E-state index in [2.05, 4.69) is 57.5 Å². The van der Waals surface area contributed by atoms with Crippen LogP contribution < -0.4 is 0 Å². The molecule has 4 rings (SSSR count). The van der Waals surface area contributed by atoms with Crippen molar-refractivity contribution in [1.29, 1.82) is 0 Å². The number of likely N-dealkylation sites (tertiary alicyclic amines) is 2. The van der Waals surface area contributed by atoms with Crippen LogP contribution in [0.5, 0.6) is 0 Å². The summed E-state index contributed by atoms with van der Waals surface area (Å²) in [6.45, 7) is 4.56. The maximum atomic E-state index is 4.45. The Labute approximate surface area is 136 Å². The van der Waals surface area contributed by atoms with E-state index in [1.54, 1.807) is 16.9 Å². The summed E-state index contributed by atoms with van der Waals surface area (Å²) in [5.74, 6) is 0. The molecular weight excluding hydrogens is 290 g/mol. The third kappa shape index (κ3) is 2.39. The topological polar surface area (TPSA) is 19.4 Å². The van der Waals surface area contributed by atoms with Crippen molar-refractivity contribution in [2.75, 3.05) is 26.7 Å². The number of benzene rings is 1. The Morgan fingerprint density at radius 1 is 1.23 bits per heavy atom. The summed E-state index contributed by atoms with van der Waals surface area (Å²) in [6.07, 6.45) is 4.47. The molecule has 4 heteroatoms. The molecule has 2 aromatic rings. The van der Waals surface area contributed by atoms with E-state index in [1.807, 2.05) is 6.20 Å². The van der Waals surface area contributed by atoms with E-state index >= 15 is 0 Å². The van der Waals surface area contributed by atoms with Gasteiger partial charge in [-0.3, -0.25) is 4.90 Å². The summed E-state index contributed by atoms with van der Waals surface area (Å²) in [4.78, 5) is 9.61. The zero-order chi connectivity index (χ0) is 15.0. The van der Waals surface area contributed by atoms with Gasteiger partial charge in [-0.25, -0.2) is 4.98 Å². The Hall–Kier alpha value is -1.23. The number of aromatic nitrogens is 1. The first-order chi connectivity index (χ1) is 10.8. The van der Waals surface area contributed by atoms with Gasteiger partial charge in [-0.2, -0.15) is 0 Å². The molecule has 3 nitrogen and oxygen atoms in total. The minimum absolute atomic E-state index is 0.357. The first kappa shape index (κ1) is 14.4. The predicted molar refractivity (Wildman–Crippen MR) is 91.2 cm³/mol. The number of likely N-dealkylation sites (N-methyl/N-ethyl adjacent to an activating group) is 1. The number of hydrogen-bond donors (Lipinski definition) is 0. The number of piperidine rings is 1. The van der Waals surface area contributed by atoms with E-state index in [0.29, 0.717) is 11.5 Å². The smallest absolute Gasteiger partial charge is 0.107 e. The van der Waals surface area contributed by atoms with Gasteiger partial charge in [0, 0.05) is 29.6 Å². The molecule has 0 saturated carbocycles. The van der Waals surface area contributed by atoms with Crippen LogP contribution in [0.3, 0.4) is 0 Å². The zero-order valence-corrected chi connectivity index (χ0v) is 13.9. The third-order valence-corrected chi connectivity index (χ3v) is 6.34. The van der Waals surface area contributed by atoms with Gasteiger partial charge >= 0.3 is 0 Å². The van der Waals surface area contributed by atoms with E-state index < -0.39 is 0 Å². The molecular formula is C18H23N3S. The van der Waals surface area contributed by atoms with Gasteiger partial charge in [0.25, 0.3) is 0 Å². The molecule has 1 aromatic carbocycles. The Kier molecular flexibility index (Phi) is 3.76. The van der Waals surface area contributed by atoms with Gasteiger partial charge in [0.05, 0.1) is 6.54 Å². The van der Waals surface area contributed by atoms with Gasteiger partial charge in [0.1, 0.15) is 5.01 Å². The number of nitrogens with zero attached hydrogens (tertiary/aromatic N) is 3. The van der Waals surface area contributed by atoms with Gasteiger partial charge in [-0.05, 0) is 38.5 Å². The summed E-state index contributed by atoms with van der Waals surface area (Å²) in [5.41, 5.74) is 1.90. The van der Waals surface area contributed by atoms with Crippen LogP contribution in [-0.4, -0.2) is 47.5 Å². The van der Waals surface area contributed by atoms with Crippen molar-refractivity contribution < 1.29 is 0 Å². The summed E-state index contributed by atoms with van der Waals surface area (Å²) >= 11 is 1.77. The van der Waals surface area contributed by atoms with Gasteiger partial charge in [0.15, 0.2) is 0 Å². The first-order valence-corrected chi connectivity index (χ1v) is 9.02. The molecule has 1 aromatic heterocycles. The molecule has 3 heterocycles. The largest absolute Gasteiger partial charge is 0.301 e. The lowest BCUT2D eigenvalue weighted by Crippen LogP contribution is -2.54. The molecule has 116 valence electrons. The molecule has 2 fully saturated rings. The Bertz CT molecular complexity index is 613. The summed E-state index contributed by atoms with van der Waals surface area (Å²) in [5, 5.41) is 3.32. The molecule has 0 unspecified atom stereocenters. The lowest BCUT2D eigenvalue weighted by Gasteiger charge is -2.46. The average Bonchev–Trinajstić information content (AvgIpc) is 3.18. The van der Waals surface area contributed by atoms with Crippen LogP contribution in [0.2, 0.25) is 0 Å². The number of rotatable bonds is 3. The second kappa shape index (κ2) is 5.76. The van der Waals surface area contributed by atoms with Crippen molar-refractivity contribution in [3.05, 3.63) is 52.5 Å². The fourth-order valence-electron chi connectivity index (χ4n) is 4.34. The van der Waals surface area contributed by atoms with Crippen molar-refractivity contribution >= 4 is 11.3 Å². The van der Waals surface area contributed by atoms with Gasteiger partial charge in [-0.1, -0.05) is 30.3 Å². The van der Waals surface area contributed by atoms with Crippen LogP contribution in [0.1, 0.15) is 23.4 Å². The highest BCUT2D eigenvalue weighted by Crippen LogP contribution is 2.45. The second-order valence-corrected chi connectivity index (χ2v) is 7.66. The fraction of sp³-hybridized carbons (Fsp3) is 0.500. The number of hydrogen-bond acceptors (Lipinski definition) is 4. The minimum atomic E-state index is 0.357. The fourth-order valence-corrected chi connectivity index (χ4v) is 4.99. The lowest BCUT2D eigenvalue weighted by molar-refractivity contribution is 0.0916. The molecule has 22 heavy (non-hydrogen) atoms. The van der Waals surface area contributed by atoms with Crippen LogP contribution >= 0.6 is 11.3 Å². The quantitative estimate of drug-likeness (QED) is 0.868. The Balaban J connectivity index is 1.57. The monoisotopic (exact) mass is 313 g/mol. The SMILES string of the molecule is CN1CC[C@@]2(c3ccccc3)CCN(Cc3nccs3)C[C@H]12. The van der Waals surface area contributed by atoms with Crippen LogP contribution in [0.4, 0.5) is 0 Å². The highest BCUT2D eigenvalue weighted by atomic mass is 32.1. The van der Waals surface area contributed by atoms with Crippen molar-refractivity contribution in [2.24, 2.45) is 0 Å². The van der Waals surface area contributed by atoms with Crippen molar-refractivity contribution in [1.82, 2.24) is 14.8 Å². The lowest BCUT2D eigenvalue weighted by atomic mass is 9.69. The number of fused-ring (bicyclic) bond motifs is 1. The molecule has 2 saturated heterocycles. The Morgan fingerprint density at radius 2 is 2.05 bits per heavy atom. The molecule has 0 spiro atoms. The van der Waals surface area contributed by atoms with Gasteiger partial charge in [-0.15, -0.1) is 11.3 Å². The molecule has 0 amide bonds. The van der Waals surface area contributed by atoms with Crippen molar-refractivity contribution in [3.8, 4) is 0 Å². The maximum Gasteiger partial charge on any atom is 0.107 e. The molecule has 2 aliphatic heterocycles. The summed E-state index contributed by atoms with van der Waals surface area (Å²) in [6, 6.07) is 11.8. The van der Waals surface area contributed by atoms with E-state index in [4.69, 9.17) is 0 Å². The molecule has 0 bridgehead atoms. The van der Waals surface area contributed by atoms with Gasteiger partial charge in [0.2, 0.25) is 0 Å². The molecule has 0 radical (unpaired) electrons. The molecule has 2 atom stereocenters. The normalized spacial score (nSPS) is 29.6. The summed E-state index contributed by atoms with van der Waals surface area (Å²) < 4.78 is 0. The second-order valence-electron chi connectivity index (χ2n) is 6.68. The van der Waals surface area contributed by atoms with E-state index in [1.165, 1.54) is 30.9 Å². The van der Waals surface area contributed by atoms with E-state index in [-0.39, 0.29) is 0 Å². The maximum absolute atomic E-state index is 4.45. The van der Waals surface area contributed by atoms with Crippen LogP contribution in [0.15, 0.2) is 41.9 Å². The van der Waals surface area contributed by atoms with Crippen LogP contribution in [0, 0.1) is 0 Å². The zero-order valence-electron chi connectivity index (χ0n) is 13.1. The van der Waals surface area contributed by atoms with Crippen LogP contribution in [0.25, 0.3) is 0 Å². The van der Waals surface area contributed by atoms with Crippen LogP contribution in [-0.2, 0) is 12.0 Å². The molecule has 0 aliphatic carbocycles. The predicted octanol–water partition coefficient (Wildman–Crippen LogP) is 2.99. The Morgan fingerprint density at radius 3 is 2.82 bits per heavy atom. The number of thiazole rings is 1. The third-order valence-electron chi connectivity index (χ3n) is 5.58.